The number of halogens is 3. The van der Waals surface area contributed by atoms with Gasteiger partial charge in [0.2, 0.25) is 15.0 Å². The summed E-state index contributed by atoms with van der Waals surface area (Å²) < 4.78 is 61.2. The fourth-order valence-electron chi connectivity index (χ4n) is 1.44. The number of nitrogens with zero attached hydrogens (tertiary/aromatic N) is 2. The van der Waals surface area contributed by atoms with Gasteiger partial charge in [0.25, 0.3) is 5.56 Å². The molecule has 0 aromatic carbocycles. The Balaban J connectivity index is 3.53. The molecule has 0 N–H and O–H groups in total. The van der Waals surface area contributed by atoms with Gasteiger partial charge < -0.3 is 0 Å². The first kappa shape index (κ1) is 15.7. The summed E-state index contributed by atoms with van der Waals surface area (Å²) in [6.45, 7) is 1.82. The van der Waals surface area contributed by atoms with Crippen LogP contribution in [0.15, 0.2) is 16.0 Å². The van der Waals surface area contributed by atoms with E-state index >= 15 is 0 Å². The van der Waals surface area contributed by atoms with Gasteiger partial charge in [-0.2, -0.15) is 13.2 Å². The molecule has 1 heterocycles. The van der Waals surface area contributed by atoms with Crippen LogP contribution in [-0.4, -0.2) is 24.2 Å². The highest BCUT2D eigenvalue weighted by Crippen LogP contribution is 2.27. The second-order valence-electron chi connectivity index (χ2n) is 4.04. The summed E-state index contributed by atoms with van der Waals surface area (Å²) in [6, 6.07) is 0.310. The monoisotopic (exact) mass is 298 g/mol. The fourth-order valence-corrected chi connectivity index (χ4v) is 2.28. The summed E-state index contributed by atoms with van der Waals surface area (Å²) in [6.07, 6.45) is -3.01. The van der Waals surface area contributed by atoms with E-state index in [4.69, 9.17) is 0 Å². The number of alkyl halides is 3. The summed E-state index contributed by atoms with van der Waals surface area (Å²) in [5, 5.41) is -0.847. The lowest BCUT2D eigenvalue weighted by atomic mass is 10.3. The van der Waals surface area contributed by atoms with Gasteiger partial charge in [0, 0.05) is 18.9 Å². The topological polar surface area (TPSA) is 69.0 Å². The first-order valence-corrected chi connectivity index (χ1v) is 7.35. The first-order chi connectivity index (χ1) is 8.57. The Morgan fingerprint density at radius 3 is 2.37 bits per heavy atom. The molecule has 0 radical (unpaired) electrons. The molecular weight excluding hydrogens is 285 g/mol. The number of sulfone groups is 1. The molecular formula is C10H13F3N2O3S. The summed E-state index contributed by atoms with van der Waals surface area (Å²) in [7, 11) is -4.02. The second-order valence-corrected chi connectivity index (χ2v) is 5.95. The summed E-state index contributed by atoms with van der Waals surface area (Å²) in [5.74, 6) is 0. The predicted molar refractivity (Wildman–Crippen MR) is 61.5 cm³/mol. The van der Waals surface area contributed by atoms with Crippen molar-refractivity contribution in [1.82, 2.24) is 9.55 Å². The molecule has 0 aliphatic heterocycles. The number of unbranched alkanes of at least 4 members (excludes halogenated alkanes) is 1. The summed E-state index contributed by atoms with van der Waals surface area (Å²) in [4.78, 5) is 14.7. The molecule has 19 heavy (non-hydrogen) atoms. The first-order valence-electron chi connectivity index (χ1n) is 5.46. The smallest absolute Gasteiger partial charge is 0.283 e. The van der Waals surface area contributed by atoms with Crippen molar-refractivity contribution in [3.8, 4) is 0 Å². The van der Waals surface area contributed by atoms with Crippen molar-refractivity contribution in [3.05, 3.63) is 22.1 Å². The molecule has 5 nitrogen and oxygen atoms in total. The maximum Gasteiger partial charge on any atom is 0.433 e. The van der Waals surface area contributed by atoms with E-state index in [9.17, 15) is 26.4 Å². The highest BCUT2D eigenvalue weighted by molar-refractivity contribution is 7.90. The van der Waals surface area contributed by atoms with Crippen molar-refractivity contribution in [3.63, 3.8) is 0 Å². The molecule has 0 atom stereocenters. The van der Waals surface area contributed by atoms with E-state index in [0.29, 0.717) is 18.9 Å². The van der Waals surface area contributed by atoms with E-state index in [1.54, 1.807) is 0 Å². The van der Waals surface area contributed by atoms with E-state index in [-0.39, 0.29) is 6.54 Å². The van der Waals surface area contributed by atoms with Gasteiger partial charge in [-0.1, -0.05) is 13.3 Å². The van der Waals surface area contributed by atoms with Crippen LogP contribution in [0.3, 0.4) is 0 Å². The zero-order chi connectivity index (χ0) is 14.8. The van der Waals surface area contributed by atoms with Crippen LogP contribution in [0.2, 0.25) is 0 Å². The van der Waals surface area contributed by atoms with E-state index in [1.165, 1.54) is 0 Å². The molecule has 0 saturated heterocycles. The molecule has 0 saturated carbocycles. The van der Waals surface area contributed by atoms with Gasteiger partial charge in [-0.25, -0.2) is 13.4 Å². The molecule has 108 valence electrons. The molecule has 0 fully saturated rings. The van der Waals surface area contributed by atoms with E-state index < -0.39 is 32.4 Å². The summed E-state index contributed by atoms with van der Waals surface area (Å²) in [5.41, 5.74) is -2.51. The lowest BCUT2D eigenvalue weighted by Crippen LogP contribution is -2.29. The van der Waals surface area contributed by atoms with Crippen LogP contribution in [0.4, 0.5) is 13.2 Å². The fraction of sp³-hybridized carbons (Fsp3) is 0.600. The highest BCUT2D eigenvalue weighted by Gasteiger charge is 2.35. The van der Waals surface area contributed by atoms with Gasteiger partial charge in [0.1, 0.15) is 0 Å². The molecule has 1 aromatic rings. The van der Waals surface area contributed by atoms with Crippen LogP contribution >= 0.6 is 0 Å². The molecule has 0 unspecified atom stereocenters. The van der Waals surface area contributed by atoms with Crippen molar-refractivity contribution in [1.29, 1.82) is 0 Å². The van der Waals surface area contributed by atoms with E-state index in [1.807, 2.05) is 6.92 Å². The molecule has 0 spiro atoms. The minimum atomic E-state index is -4.86. The maximum atomic E-state index is 12.5. The third-order valence-electron chi connectivity index (χ3n) is 2.33. The van der Waals surface area contributed by atoms with Gasteiger partial charge >= 0.3 is 6.18 Å². The molecule has 0 bridgehead atoms. The Labute approximate surface area is 108 Å². The number of hydrogen-bond acceptors (Lipinski definition) is 4. The number of aromatic nitrogens is 2. The summed E-state index contributed by atoms with van der Waals surface area (Å²) >= 11 is 0. The van der Waals surface area contributed by atoms with Crippen LogP contribution < -0.4 is 5.56 Å². The standard InChI is InChI=1S/C10H13F3N2O3S/c1-3-4-5-15-8(16)6-7(10(11,12)13)14-9(15)19(2,17)18/h6H,3-5H2,1-2H3. The zero-order valence-corrected chi connectivity index (χ0v) is 11.2. The van der Waals surface area contributed by atoms with Crippen molar-refractivity contribution >= 4 is 9.84 Å². The maximum absolute atomic E-state index is 12.5. The Morgan fingerprint density at radius 1 is 1.37 bits per heavy atom. The van der Waals surface area contributed by atoms with Crippen molar-refractivity contribution in [2.75, 3.05) is 6.26 Å². The molecule has 0 amide bonds. The third-order valence-corrected chi connectivity index (χ3v) is 3.31. The average molecular weight is 298 g/mol. The number of rotatable bonds is 4. The molecule has 1 rings (SSSR count). The molecule has 0 aliphatic carbocycles. The highest BCUT2D eigenvalue weighted by atomic mass is 32.2. The van der Waals surface area contributed by atoms with Crippen molar-refractivity contribution in [2.45, 2.75) is 37.6 Å². The van der Waals surface area contributed by atoms with Gasteiger partial charge in [-0.3, -0.25) is 9.36 Å². The lowest BCUT2D eigenvalue weighted by molar-refractivity contribution is -0.141. The molecule has 1 aromatic heterocycles. The molecule has 9 heteroatoms. The lowest BCUT2D eigenvalue weighted by Gasteiger charge is -2.12. The molecule has 0 aliphatic rings. The Bertz CT molecular complexity index is 620. The van der Waals surface area contributed by atoms with Crippen LogP contribution in [0.1, 0.15) is 25.5 Å². The normalized spacial score (nSPS) is 12.7. The van der Waals surface area contributed by atoms with Crippen molar-refractivity contribution < 1.29 is 21.6 Å². The van der Waals surface area contributed by atoms with Crippen molar-refractivity contribution in [2.24, 2.45) is 0 Å². The average Bonchev–Trinajstić information content (AvgIpc) is 2.23. The van der Waals surface area contributed by atoms with Crippen LogP contribution in [0, 0.1) is 0 Å². The Morgan fingerprint density at radius 2 is 1.95 bits per heavy atom. The van der Waals surface area contributed by atoms with E-state index in [0.717, 1.165) is 10.8 Å². The van der Waals surface area contributed by atoms with Crippen LogP contribution in [0.25, 0.3) is 0 Å². The zero-order valence-electron chi connectivity index (χ0n) is 10.4. The SMILES string of the molecule is CCCCn1c(S(C)(=O)=O)nc(C(F)(F)F)cc1=O. The van der Waals surface area contributed by atoms with E-state index in [2.05, 4.69) is 4.98 Å². The van der Waals surface area contributed by atoms with Gasteiger partial charge in [0.05, 0.1) is 0 Å². The third kappa shape index (κ3) is 3.79. The Hall–Kier alpha value is -1.38. The Kier molecular flexibility index (Phi) is 4.39. The number of hydrogen-bond donors (Lipinski definition) is 0. The van der Waals surface area contributed by atoms with Crippen LogP contribution in [-0.2, 0) is 22.6 Å². The second kappa shape index (κ2) is 5.32. The van der Waals surface area contributed by atoms with Gasteiger partial charge in [-0.15, -0.1) is 0 Å². The van der Waals surface area contributed by atoms with Gasteiger partial charge in [0.15, 0.2) is 5.69 Å². The predicted octanol–water partition coefficient (Wildman–Crippen LogP) is 1.47. The quantitative estimate of drug-likeness (QED) is 0.789. The van der Waals surface area contributed by atoms with Crippen LogP contribution in [0.5, 0.6) is 0 Å². The minimum absolute atomic E-state index is 0.0167. The largest absolute Gasteiger partial charge is 0.433 e. The minimum Gasteiger partial charge on any atom is -0.283 e. The van der Waals surface area contributed by atoms with Gasteiger partial charge in [-0.05, 0) is 6.42 Å².